The molecule has 0 aliphatic heterocycles. The Hall–Kier alpha value is -3.66. The lowest BCUT2D eigenvalue weighted by Crippen LogP contribution is -2.24. The molecule has 3 aromatic carbocycles. The van der Waals surface area contributed by atoms with Crippen LogP contribution >= 0.6 is 11.8 Å². The molecular weight excluding hydrogens is 468 g/mol. The van der Waals surface area contributed by atoms with Crippen LogP contribution < -0.4 is 5.56 Å². The third kappa shape index (κ3) is 4.16. The molecule has 0 N–H and O–H groups in total. The molecule has 5 nitrogen and oxygen atoms in total. The van der Waals surface area contributed by atoms with Crippen LogP contribution in [0.4, 0.5) is 17.6 Å². The molecule has 0 saturated carbocycles. The van der Waals surface area contributed by atoms with Crippen molar-refractivity contribution in [3.63, 3.8) is 0 Å². The van der Waals surface area contributed by atoms with Gasteiger partial charge in [-0.25, -0.2) is 4.39 Å². The first-order chi connectivity index (χ1) is 16.3. The van der Waals surface area contributed by atoms with Gasteiger partial charge in [-0.2, -0.15) is 13.2 Å². The number of nitrogens with zero attached hydrogens (tertiary/aromatic N) is 4. The number of benzene rings is 3. The van der Waals surface area contributed by atoms with Crippen molar-refractivity contribution in [2.24, 2.45) is 0 Å². The average Bonchev–Trinajstić information content (AvgIpc) is 3.25. The minimum Gasteiger partial charge on any atom is -0.272 e. The number of hydrogen-bond acceptors (Lipinski definition) is 4. The Morgan fingerprint density at radius 3 is 2.41 bits per heavy atom. The summed E-state index contributed by atoms with van der Waals surface area (Å²) in [4.78, 5) is 13.2. The molecule has 0 atom stereocenters. The summed E-state index contributed by atoms with van der Waals surface area (Å²) < 4.78 is 55.7. The highest BCUT2D eigenvalue weighted by Gasteiger charge is 2.30. The fourth-order valence-corrected chi connectivity index (χ4v) is 4.61. The quantitative estimate of drug-likeness (QED) is 0.243. The van der Waals surface area contributed by atoms with Crippen molar-refractivity contribution in [1.29, 1.82) is 0 Å². The van der Waals surface area contributed by atoms with Gasteiger partial charge >= 0.3 is 6.18 Å². The molecule has 0 amide bonds. The van der Waals surface area contributed by atoms with E-state index in [1.165, 1.54) is 34.5 Å². The normalized spacial score (nSPS) is 12.0. The van der Waals surface area contributed by atoms with E-state index < -0.39 is 11.7 Å². The van der Waals surface area contributed by atoms with Crippen LogP contribution in [0.5, 0.6) is 0 Å². The molecule has 5 rings (SSSR count). The second-order valence-electron chi connectivity index (χ2n) is 7.64. The van der Waals surface area contributed by atoms with Gasteiger partial charge < -0.3 is 0 Å². The highest BCUT2D eigenvalue weighted by molar-refractivity contribution is 7.98. The molecule has 34 heavy (non-hydrogen) atoms. The monoisotopic (exact) mass is 484 g/mol. The first-order valence-corrected chi connectivity index (χ1v) is 11.2. The second-order valence-corrected chi connectivity index (χ2v) is 8.58. The van der Waals surface area contributed by atoms with Gasteiger partial charge in [-0.05, 0) is 41.5 Å². The van der Waals surface area contributed by atoms with Crippen molar-refractivity contribution >= 4 is 28.4 Å². The lowest BCUT2D eigenvalue weighted by atomic mass is 10.1. The van der Waals surface area contributed by atoms with Crippen molar-refractivity contribution in [3.05, 3.63) is 106 Å². The van der Waals surface area contributed by atoms with E-state index in [-0.39, 0.29) is 23.7 Å². The van der Waals surface area contributed by atoms with Gasteiger partial charge in [-0.1, -0.05) is 54.2 Å². The first-order valence-electron chi connectivity index (χ1n) is 10.2. The molecule has 0 spiro atoms. The van der Waals surface area contributed by atoms with Crippen molar-refractivity contribution in [3.8, 4) is 0 Å². The zero-order valence-electron chi connectivity index (χ0n) is 17.5. The van der Waals surface area contributed by atoms with Crippen molar-refractivity contribution in [2.45, 2.75) is 23.6 Å². The summed E-state index contributed by atoms with van der Waals surface area (Å²) in [6, 6.07) is 17.9. The van der Waals surface area contributed by atoms with Crippen molar-refractivity contribution in [2.75, 3.05) is 0 Å². The third-order valence-corrected chi connectivity index (χ3v) is 6.35. The Labute approximate surface area is 194 Å². The molecule has 10 heteroatoms. The molecule has 0 aliphatic carbocycles. The molecule has 0 aliphatic rings. The van der Waals surface area contributed by atoms with Gasteiger partial charge in [0.1, 0.15) is 5.82 Å². The van der Waals surface area contributed by atoms with Crippen LogP contribution in [-0.4, -0.2) is 19.2 Å². The topological polar surface area (TPSA) is 52.2 Å². The largest absolute Gasteiger partial charge is 0.416 e. The van der Waals surface area contributed by atoms with E-state index in [1.807, 2.05) is 0 Å². The second kappa shape index (κ2) is 8.60. The van der Waals surface area contributed by atoms with Gasteiger partial charge in [-0.15, -0.1) is 10.2 Å². The molecule has 2 heterocycles. The summed E-state index contributed by atoms with van der Waals surface area (Å²) in [5.74, 6) is 0.144. The Morgan fingerprint density at radius 1 is 0.882 bits per heavy atom. The maximum absolute atomic E-state index is 13.3. The lowest BCUT2D eigenvalue weighted by Gasteiger charge is -2.12. The molecule has 0 radical (unpaired) electrons. The van der Waals surface area contributed by atoms with E-state index in [0.29, 0.717) is 33.0 Å². The average molecular weight is 484 g/mol. The van der Waals surface area contributed by atoms with Crippen LogP contribution in [-0.2, 0) is 18.5 Å². The van der Waals surface area contributed by atoms with Crippen LogP contribution in [0, 0.1) is 5.82 Å². The molecule has 2 aromatic heterocycles. The number of fused-ring (bicyclic) bond motifs is 3. The Morgan fingerprint density at radius 2 is 1.65 bits per heavy atom. The maximum Gasteiger partial charge on any atom is 0.416 e. The Kier molecular flexibility index (Phi) is 5.60. The van der Waals surface area contributed by atoms with E-state index in [2.05, 4.69) is 10.2 Å². The Balaban J connectivity index is 1.57. The van der Waals surface area contributed by atoms with Crippen LogP contribution in [0.2, 0.25) is 0 Å². The zero-order chi connectivity index (χ0) is 23.9. The predicted molar refractivity (Wildman–Crippen MR) is 121 cm³/mol. The van der Waals surface area contributed by atoms with E-state index in [0.717, 1.165) is 12.1 Å². The number of rotatable bonds is 5. The summed E-state index contributed by atoms with van der Waals surface area (Å²) in [7, 11) is 0. The van der Waals surface area contributed by atoms with Crippen LogP contribution in [0.15, 0.2) is 82.7 Å². The number of alkyl halides is 3. The highest BCUT2D eigenvalue weighted by Crippen LogP contribution is 2.31. The summed E-state index contributed by atoms with van der Waals surface area (Å²) in [5, 5.41) is 9.32. The summed E-state index contributed by atoms with van der Waals surface area (Å²) in [5.41, 5.74) is 0.807. The smallest absolute Gasteiger partial charge is 0.272 e. The van der Waals surface area contributed by atoms with Gasteiger partial charge in [0, 0.05) is 5.75 Å². The molecular formula is C24H16F4N4OS. The van der Waals surface area contributed by atoms with Gasteiger partial charge in [0.25, 0.3) is 5.56 Å². The number of hydrogen-bond donors (Lipinski definition) is 0. The van der Waals surface area contributed by atoms with Gasteiger partial charge in [0.2, 0.25) is 5.78 Å². The Bertz CT molecular complexity index is 1560. The number of thioether (sulfide) groups is 1. The number of para-hydroxylation sites is 1. The van der Waals surface area contributed by atoms with Gasteiger partial charge in [-0.3, -0.25) is 13.8 Å². The summed E-state index contributed by atoms with van der Waals surface area (Å²) in [6.45, 7) is 0.157. The summed E-state index contributed by atoms with van der Waals surface area (Å²) >= 11 is 1.22. The van der Waals surface area contributed by atoms with E-state index in [9.17, 15) is 22.4 Å². The molecule has 0 fully saturated rings. The van der Waals surface area contributed by atoms with Crippen LogP contribution in [0.3, 0.4) is 0 Å². The highest BCUT2D eigenvalue weighted by atomic mass is 32.2. The lowest BCUT2D eigenvalue weighted by molar-refractivity contribution is -0.137. The van der Waals surface area contributed by atoms with Crippen LogP contribution in [0.25, 0.3) is 16.7 Å². The van der Waals surface area contributed by atoms with E-state index >= 15 is 0 Å². The molecule has 0 bridgehead atoms. The van der Waals surface area contributed by atoms with E-state index in [1.54, 1.807) is 46.9 Å². The fraction of sp³-hybridized carbons (Fsp3) is 0.125. The van der Waals surface area contributed by atoms with Crippen molar-refractivity contribution in [1.82, 2.24) is 19.2 Å². The minimum atomic E-state index is -4.42. The predicted octanol–water partition coefficient (Wildman–Crippen LogP) is 5.54. The fourth-order valence-electron chi connectivity index (χ4n) is 3.73. The zero-order valence-corrected chi connectivity index (χ0v) is 18.3. The summed E-state index contributed by atoms with van der Waals surface area (Å²) in [6.07, 6.45) is -4.42. The van der Waals surface area contributed by atoms with E-state index in [4.69, 9.17) is 0 Å². The third-order valence-electron chi connectivity index (χ3n) is 5.35. The molecule has 5 aromatic rings. The number of halogens is 4. The van der Waals surface area contributed by atoms with Gasteiger partial charge in [0.15, 0.2) is 5.16 Å². The van der Waals surface area contributed by atoms with Crippen molar-refractivity contribution < 1.29 is 17.6 Å². The molecule has 0 unspecified atom stereocenters. The molecule has 0 saturated heterocycles. The van der Waals surface area contributed by atoms with Gasteiger partial charge in [0.05, 0.1) is 23.0 Å². The SMILES string of the molecule is O=c1c2ccccc2n2c(SCc3cccc(C(F)(F)F)c3)nnc2n1Cc1ccc(F)cc1. The van der Waals surface area contributed by atoms with Crippen LogP contribution in [0.1, 0.15) is 16.7 Å². The minimum absolute atomic E-state index is 0.157. The maximum atomic E-state index is 13.3. The molecule has 172 valence electrons. The standard InChI is InChI=1S/C24H16F4N4OS/c25-18-10-8-15(9-11-18)13-31-21(33)19-6-1-2-7-20(19)32-22(31)29-30-23(32)34-14-16-4-3-5-17(12-16)24(26,27)28/h1-12H,13-14H2. The first kappa shape index (κ1) is 22.1. The number of aromatic nitrogens is 4.